The van der Waals surface area contributed by atoms with Gasteiger partial charge in [0.15, 0.2) is 5.82 Å². The van der Waals surface area contributed by atoms with Crippen LogP contribution in [0.2, 0.25) is 0 Å². The van der Waals surface area contributed by atoms with Crippen molar-refractivity contribution in [2.24, 2.45) is 7.05 Å². The SMILES string of the molecule is Cn1cnnc1CNC(=O)c1cccn1CC(=O)O. The maximum atomic E-state index is 11.9. The third-order valence-electron chi connectivity index (χ3n) is 2.58. The Bertz CT molecular complexity index is 601. The summed E-state index contributed by atoms with van der Waals surface area (Å²) in [5.41, 5.74) is 0.296. The minimum Gasteiger partial charge on any atom is -0.480 e. The fourth-order valence-corrected chi connectivity index (χ4v) is 1.62. The molecule has 0 radical (unpaired) electrons. The average Bonchev–Trinajstić information content (AvgIpc) is 2.95. The summed E-state index contributed by atoms with van der Waals surface area (Å²) in [5.74, 6) is -0.738. The molecule has 2 N–H and O–H groups in total. The molecule has 0 bridgehead atoms. The maximum absolute atomic E-state index is 11.9. The first-order valence-electron chi connectivity index (χ1n) is 5.56. The zero-order valence-electron chi connectivity index (χ0n) is 10.3. The van der Waals surface area contributed by atoms with Crippen LogP contribution in [0.5, 0.6) is 0 Å². The van der Waals surface area contributed by atoms with Crippen LogP contribution >= 0.6 is 0 Å². The molecule has 8 heteroatoms. The predicted octanol–water partition coefficient (Wildman–Crippen LogP) is -0.369. The zero-order valence-corrected chi connectivity index (χ0v) is 10.3. The monoisotopic (exact) mass is 263 g/mol. The van der Waals surface area contributed by atoms with Gasteiger partial charge in [-0.1, -0.05) is 0 Å². The summed E-state index contributed by atoms with van der Waals surface area (Å²) >= 11 is 0. The second-order valence-corrected chi connectivity index (χ2v) is 3.96. The van der Waals surface area contributed by atoms with Gasteiger partial charge in [-0.05, 0) is 12.1 Å². The lowest BCUT2D eigenvalue weighted by Crippen LogP contribution is -2.27. The minimum absolute atomic E-state index is 0.230. The average molecular weight is 263 g/mol. The molecule has 2 aromatic heterocycles. The van der Waals surface area contributed by atoms with E-state index in [1.165, 1.54) is 10.9 Å². The quantitative estimate of drug-likeness (QED) is 0.766. The van der Waals surface area contributed by atoms with Crippen LogP contribution in [0.15, 0.2) is 24.7 Å². The Morgan fingerprint density at radius 2 is 2.26 bits per heavy atom. The highest BCUT2D eigenvalue weighted by Gasteiger charge is 2.13. The van der Waals surface area contributed by atoms with Crippen LogP contribution < -0.4 is 5.32 Å². The molecule has 2 rings (SSSR count). The minimum atomic E-state index is -1.00. The second kappa shape index (κ2) is 5.34. The number of carbonyl (C=O) groups excluding carboxylic acids is 1. The van der Waals surface area contributed by atoms with E-state index in [-0.39, 0.29) is 19.0 Å². The molecule has 0 spiro atoms. The molecule has 0 saturated heterocycles. The summed E-state index contributed by atoms with van der Waals surface area (Å²) in [6, 6.07) is 3.19. The number of rotatable bonds is 5. The number of carbonyl (C=O) groups is 2. The molecular formula is C11H13N5O3. The Kier molecular flexibility index (Phi) is 3.60. The lowest BCUT2D eigenvalue weighted by Gasteiger charge is -2.07. The van der Waals surface area contributed by atoms with E-state index in [2.05, 4.69) is 15.5 Å². The van der Waals surface area contributed by atoms with Gasteiger partial charge in [0.1, 0.15) is 18.6 Å². The summed E-state index contributed by atoms with van der Waals surface area (Å²) in [6.45, 7) is -0.0205. The van der Waals surface area contributed by atoms with Gasteiger partial charge in [-0.25, -0.2) is 0 Å². The molecule has 0 aromatic carbocycles. The third-order valence-corrected chi connectivity index (χ3v) is 2.58. The van der Waals surface area contributed by atoms with Crippen LogP contribution in [-0.2, 0) is 24.9 Å². The van der Waals surface area contributed by atoms with E-state index in [0.717, 1.165) is 0 Å². The van der Waals surface area contributed by atoms with Crippen molar-refractivity contribution in [2.45, 2.75) is 13.1 Å². The Balaban J connectivity index is 2.02. The molecule has 0 saturated carbocycles. The van der Waals surface area contributed by atoms with Gasteiger partial charge in [-0.3, -0.25) is 9.59 Å². The smallest absolute Gasteiger partial charge is 0.323 e. The van der Waals surface area contributed by atoms with Gasteiger partial charge < -0.3 is 19.6 Å². The van der Waals surface area contributed by atoms with Crippen LogP contribution in [0.3, 0.4) is 0 Å². The molecule has 0 atom stereocenters. The van der Waals surface area contributed by atoms with Gasteiger partial charge in [0.25, 0.3) is 5.91 Å². The van der Waals surface area contributed by atoms with Gasteiger partial charge in [-0.15, -0.1) is 10.2 Å². The van der Waals surface area contributed by atoms with Gasteiger partial charge in [0, 0.05) is 13.2 Å². The molecular weight excluding hydrogens is 250 g/mol. The van der Waals surface area contributed by atoms with Gasteiger partial charge in [0.05, 0.1) is 6.54 Å². The van der Waals surface area contributed by atoms with E-state index in [9.17, 15) is 9.59 Å². The number of aliphatic carboxylic acids is 1. The van der Waals surface area contributed by atoms with E-state index < -0.39 is 5.97 Å². The molecule has 2 heterocycles. The van der Waals surface area contributed by atoms with Crippen LogP contribution in [0.4, 0.5) is 0 Å². The molecule has 0 unspecified atom stereocenters. The van der Waals surface area contributed by atoms with Gasteiger partial charge >= 0.3 is 5.97 Å². The second-order valence-electron chi connectivity index (χ2n) is 3.96. The molecule has 0 fully saturated rings. The summed E-state index contributed by atoms with van der Waals surface area (Å²) in [4.78, 5) is 22.6. The van der Waals surface area contributed by atoms with E-state index in [1.54, 1.807) is 29.9 Å². The zero-order chi connectivity index (χ0) is 13.8. The lowest BCUT2D eigenvalue weighted by molar-refractivity contribution is -0.137. The number of aromatic nitrogens is 4. The summed E-state index contributed by atoms with van der Waals surface area (Å²) < 4.78 is 3.06. The normalized spacial score (nSPS) is 10.4. The van der Waals surface area contributed by atoms with Crippen molar-refractivity contribution in [1.82, 2.24) is 24.6 Å². The van der Waals surface area contributed by atoms with Crippen LogP contribution in [0.1, 0.15) is 16.3 Å². The number of amides is 1. The van der Waals surface area contributed by atoms with Crippen molar-refractivity contribution in [2.75, 3.05) is 0 Å². The van der Waals surface area contributed by atoms with Crippen LogP contribution in [-0.4, -0.2) is 36.3 Å². The first-order valence-corrected chi connectivity index (χ1v) is 5.56. The highest BCUT2D eigenvalue weighted by atomic mass is 16.4. The Labute approximate surface area is 108 Å². The van der Waals surface area contributed by atoms with Crippen molar-refractivity contribution in [3.63, 3.8) is 0 Å². The van der Waals surface area contributed by atoms with Crippen molar-refractivity contribution in [1.29, 1.82) is 0 Å². The van der Waals surface area contributed by atoms with Gasteiger partial charge in [0.2, 0.25) is 0 Å². The van der Waals surface area contributed by atoms with E-state index in [1.807, 2.05) is 0 Å². The molecule has 0 aliphatic heterocycles. The summed E-state index contributed by atoms with van der Waals surface area (Å²) in [5, 5.41) is 18.9. The number of carboxylic acids is 1. The van der Waals surface area contributed by atoms with Crippen molar-refractivity contribution >= 4 is 11.9 Å². The first kappa shape index (κ1) is 12.8. The number of carboxylic acid groups (broad SMARTS) is 1. The van der Waals surface area contributed by atoms with Crippen molar-refractivity contribution in [3.05, 3.63) is 36.2 Å². The number of nitrogens with one attached hydrogen (secondary N) is 1. The number of nitrogens with zero attached hydrogens (tertiary/aromatic N) is 4. The van der Waals surface area contributed by atoms with Crippen LogP contribution in [0, 0.1) is 0 Å². The molecule has 8 nitrogen and oxygen atoms in total. The molecule has 2 aromatic rings. The Morgan fingerprint density at radius 1 is 1.47 bits per heavy atom. The molecule has 1 amide bonds. The molecule has 0 aliphatic rings. The summed E-state index contributed by atoms with van der Waals surface area (Å²) in [6.07, 6.45) is 3.08. The summed E-state index contributed by atoms with van der Waals surface area (Å²) in [7, 11) is 1.77. The lowest BCUT2D eigenvalue weighted by atomic mass is 10.4. The highest BCUT2D eigenvalue weighted by molar-refractivity contribution is 5.93. The fraction of sp³-hybridized carbons (Fsp3) is 0.273. The number of aryl methyl sites for hydroxylation is 1. The van der Waals surface area contributed by atoms with Crippen molar-refractivity contribution in [3.8, 4) is 0 Å². The van der Waals surface area contributed by atoms with E-state index in [4.69, 9.17) is 5.11 Å². The van der Waals surface area contributed by atoms with Gasteiger partial charge in [-0.2, -0.15) is 0 Å². The maximum Gasteiger partial charge on any atom is 0.323 e. The third kappa shape index (κ3) is 2.97. The van der Waals surface area contributed by atoms with Crippen LogP contribution in [0.25, 0.3) is 0 Å². The highest BCUT2D eigenvalue weighted by Crippen LogP contribution is 2.03. The Hall–Kier alpha value is -2.64. The standard InChI is InChI=1S/C11H13N5O3/c1-15-7-13-14-9(15)5-12-11(19)8-3-2-4-16(8)6-10(17)18/h2-4,7H,5-6H2,1H3,(H,12,19)(H,17,18). The molecule has 100 valence electrons. The Morgan fingerprint density at radius 3 is 2.89 bits per heavy atom. The van der Waals surface area contributed by atoms with E-state index in [0.29, 0.717) is 11.5 Å². The molecule has 19 heavy (non-hydrogen) atoms. The predicted molar refractivity (Wildman–Crippen MR) is 64.2 cm³/mol. The fourth-order valence-electron chi connectivity index (χ4n) is 1.62. The topological polar surface area (TPSA) is 102 Å². The largest absolute Gasteiger partial charge is 0.480 e. The number of hydrogen-bond donors (Lipinski definition) is 2. The van der Waals surface area contributed by atoms with E-state index >= 15 is 0 Å². The first-order chi connectivity index (χ1) is 9.08. The number of hydrogen-bond acceptors (Lipinski definition) is 4. The van der Waals surface area contributed by atoms with Crippen molar-refractivity contribution < 1.29 is 14.7 Å². The molecule has 0 aliphatic carbocycles.